The zero-order chi connectivity index (χ0) is 13.8. The molecule has 2 rings (SSSR count). The largest absolute Gasteiger partial charge is 0.369 e. The van der Waals surface area contributed by atoms with Crippen molar-refractivity contribution >= 4 is 33.1 Å². The van der Waals surface area contributed by atoms with E-state index in [-0.39, 0.29) is 0 Å². The van der Waals surface area contributed by atoms with E-state index in [0.29, 0.717) is 6.42 Å². The molecular weight excluding hydrogens is 324 g/mol. The number of aromatic nitrogens is 3. The van der Waals surface area contributed by atoms with E-state index in [0.717, 1.165) is 45.5 Å². The monoisotopic (exact) mass is 340 g/mol. The number of nitrogens with zero attached hydrogens (tertiary/aromatic N) is 3. The van der Waals surface area contributed by atoms with Gasteiger partial charge < -0.3 is 5.32 Å². The highest BCUT2D eigenvalue weighted by atomic mass is 79.9. The van der Waals surface area contributed by atoms with Gasteiger partial charge in [-0.2, -0.15) is 0 Å². The number of thiazole rings is 1. The number of hydrogen-bond donors (Lipinski definition) is 1. The van der Waals surface area contributed by atoms with Crippen LogP contribution in [-0.2, 0) is 6.42 Å². The number of halogens is 1. The van der Waals surface area contributed by atoms with Crippen molar-refractivity contribution in [1.82, 2.24) is 15.0 Å². The molecule has 2 aromatic rings. The molecule has 4 nitrogen and oxygen atoms in total. The summed E-state index contributed by atoms with van der Waals surface area (Å²) in [5, 5.41) is 6.46. The smallest absolute Gasteiger partial charge is 0.144 e. The molecule has 0 radical (unpaired) electrons. The van der Waals surface area contributed by atoms with Crippen molar-refractivity contribution in [3.8, 4) is 0 Å². The summed E-state index contributed by atoms with van der Waals surface area (Å²) in [6.07, 6.45) is 1.75. The molecule has 0 atom stereocenters. The van der Waals surface area contributed by atoms with Crippen LogP contribution in [0.15, 0.2) is 9.85 Å². The predicted molar refractivity (Wildman–Crippen MR) is 82.9 cm³/mol. The molecule has 19 heavy (non-hydrogen) atoms. The van der Waals surface area contributed by atoms with Crippen LogP contribution in [0, 0.1) is 13.8 Å². The standard InChI is InChI=1S/C13H17BrN4S/c1-4-5-15-13-12(14)8(2)16-11(18-13)6-10-7-19-9(3)17-10/h7H,4-6H2,1-3H3,(H,15,16,18). The van der Waals surface area contributed by atoms with Crippen LogP contribution in [-0.4, -0.2) is 21.5 Å². The fraction of sp³-hybridized carbons (Fsp3) is 0.462. The molecule has 1 N–H and O–H groups in total. The highest BCUT2D eigenvalue weighted by Gasteiger charge is 2.10. The molecule has 0 bridgehead atoms. The van der Waals surface area contributed by atoms with E-state index in [4.69, 9.17) is 0 Å². The fourth-order valence-corrected chi connectivity index (χ4v) is 2.64. The molecule has 6 heteroatoms. The van der Waals surface area contributed by atoms with Crippen molar-refractivity contribution < 1.29 is 0 Å². The third kappa shape index (κ3) is 3.73. The van der Waals surface area contributed by atoms with E-state index in [9.17, 15) is 0 Å². The van der Waals surface area contributed by atoms with Crippen LogP contribution in [0.2, 0.25) is 0 Å². The van der Waals surface area contributed by atoms with E-state index in [1.165, 1.54) is 0 Å². The van der Waals surface area contributed by atoms with Crippen LogP contribution in [0.4, 0.5) is 5.82 Å². The predicted octanol–water partition coefficient (Wildman–Crippen LogP) is 3.73. The number of nitrogens with one attached hydrogen (secondary N) is 1. The fourth-order valence-electron chi connectivity index (χ4n) is 1.71. The lowest BCUT2D eigenvalue weighted by Gasteiger charge is -2.10. The highest BCUT2D eigenvalue weighted by Crippen LogP contribution is 2.24. The first kappa shape index (κ1) is 14.4. The molecule has 2 aromatic heterocycles. The van der Waals surface area contributed by atoms with Gasteiger partial charge in [0.1, 0.15) is 11.6 Å². The van der Waals surface area contributed by atoms with E-state index in [2.05, 4.69) is 48.5 Å². The molecule has 0 aliphatic rings. The zero-order valence-corrected chi connectivity index (χ0v) is 13.7. The summed E-state index contributed by atoms with van der Waals surface area (Å²) < 4.78 is 0.944. The minimum Gasteiger partial charge on any atom is -0.369 e. The van der Waals surface area contributed by atoms with Crippen molar-refractivity contribution in [2.75, 3.05) is 11.9 Å². The molecule has 0 fully saturated rings. The Morgan fingerprint density at radius 2 is 2.05 bits per heavy atom. The molecule has 0 saturated heterocycles. The first-order valence-corrected chi connectivity index (χ1v) is 7.95. The van der Waals surface area contributed by atoms with Gasteiger partial charge in [-0.1, -0.05) is 6.92 Å². The van der Waals surface area contributed by atoms with Crippen LogP contribution < -0.4 is 5.32 Å². The van der Waals surface area contributed by atoms with Crippen LogP contribution >= 0.6 is 27.3 Å². The molecule has 0 aliphatic carbocycles. The summed E-state index contributed by atoms with van der Waals surface area (Å²) in [7, 11) is 0. The second-order valence-electron chi connectivity index (χ2n) is 4.35. The van der Waals surface area contributed by atoms with E-state index in [1.54, 1.807) is 11.3 Å². The lowest BCUT2D eigenvalue weighted by molar-refractivity contribution is 0.897. The van der Waals surface area contributed by atoms with Crippen LogP contribution in [0.1, 0.15) is 35.6 Å². The van der Waals surface area contributed by atoms with Crippen LogP contribution in [0.3, 0.4) is 0 Å². The minimum absolute atomic E-state index is 0.680. The second-order valence-corrected chi connectivity index (χ2v) is 6.20. The molecule has 0 spiro atoms. The maximum absolute atomic E-state index is 4.57. The first-order chi connectivity index (χ1) is 9.10. The topological polar surface area (TPSA) is 50.7 Å². The van der Waals surface area contributed by atoms with Gasteiger partial charge in [0.05, 0.1) is 27.3 Å². The summed E-state index contributed by atoms with van der Waals surface area (Å²) >= 11 is 5.19. The van der Waals surface area contributed by atoms with E-state index in [1.807, 2.05) is 13.8 Å². The van der Waals surface area contributed by atoms with Gasteiger partial charge >= 0.3 is 0 Å². The van der Waals surface area contributed by atoms with Gasteiger partial charge in [-0.15, -0.1) is 11.3 Å². The summed E-state index contributed by atoms with van der Waals surface area (Å²) in [4.78, 5) is 13.5. The van der Waals surface area contributed by atoms with Crippen molar-refractivity contribution in [3.63, 3.8) is 0 Å². The Bertz CT molecular complexity index is 568. The summed E-state index contributed by atoms with van der Waals surface area (Å²) in [6.45, 7) is 7.03. The Labute approximate surface area is 125 Å². The quantitative estimate of drug-likeness (QED) is 0.900. The van der Waals surface area contributed by atoms with Crippen LogP contribution in [0.5, 0.6) is 0 Å². The zero-order valence-electron chi connectivity index (χ0n) is 11.3. The van der Waals surface area contributed by atoms with Crippen molar-refractivity contribution in [1.29, 1.82) is 0 Å². The molecule has 0 unspecified atom stereocenters. The third-order valence-corrected chi connectivity index (χ3v) is 4.38. The molecular formula is C13H17BrN4S. The average Bonchev–Trinajstić information content (AvgIpc) is 2.77. The molecule has 2 heterocycles. The van der Waals surface area contributed by atoms with Crippen molar-refractivity contribution in [2.45, 2.75) is 33.6 Å². The lowest BCUT2D eigenvalue weighted by Crippen LogP contribution is -2.08. The summed E-state index contributed by atoms with van der Waals surface area (Å²) in [5.41, 5.74) is 1.99. The Morgan fingerprint density at radius 3 is 2.68 bits per heavy atom. The highest BCUT2D eigenvalue weighted by molar-refractivity contribution is 9.10. The molecule has 0 amide bonds. The second kappa shape index (κ2) is 6.43. The lowest BCUT2D eigenvalue weighted by atomic mass is 10.3. The Balaban J connectivity index is 2.23. The normalized spacial score (nSPS) is 10.7. The SMILES string of the molecule is CCCNc1nc(Cc2csc(C)n2)nc(C)c1Br. The Kier molecular flexibility index (Phi) is 4.87. The molecule has 102 valence electrons. The number of anilines is 1. The van der Waals surface area contributed by atoms with Crippen molar-refractivity contribution in [3.05, 3.63) is 32.1 Å². The van der Waals surface area contributed by atoms with Gasteiger partial charge in [0, 0.05) is 11.9 Å². The van der Waals surface area contributed by atoms with Gasteiger partial charge in [-0.25, -0.2) is 15.0 Å². The maximum atomic E-state index is 4.57. The molecule has 0 saturated carbocycles. The Morgan fingerprint density at radius 1 is 1.26 bits per heavy atom. The van der Waals surface area contributed by atoms with Gasteiger partial charge in [-0.05, 0) is 36.2 Å². The van der Waals surface area contributed by atoms with Gasteiger partial charge in [0.15, 0.2) is 0 Å². The number of rotatable bonds is 5. The van der Waals surface area contributed by atoms with Crippen molar-refractivity contribution in [2.24, 2.45) is 0 Å². The van der Waals surface area contributed by atoms with Gasteiger partial charge in [0.25, 0.3) is 0 Å². The van der Waals surface area contributed by atoms with Gasteiger partial charge in [-0.3, -0.25) is 0 Å². The number of hydrogen-bond acceptors (Lipinski definition) is 5. The summed E-state index contributed by atoms with van der Waals surface area (Å²) in [6, 6.07) is 0. The van der Waals surface area contributed by atoms with E-state index < -0.39 is 0 Å². The first-order valence-electron chi connectivity index (χ1n) is 6.28. The molecule has 0 aliphatic heterocycles. The van der Waals surface area contributed by atoms with Crippen LogP contribution in [0.25, 0.3) is 0 Å². The number of aryl methyl sites for hydroxylation is 2. The Hall–Kier alpha value is -1.01. The average molecular weight is 341 g/mol. The maximum Gasteiger partial charge on any atom is 0.144 e. The van der Waals surface area contributed by atoms with Gasteiger partial charge in [0.2, 0.25) is 0 Å². The summed E-state index contributed by atoms with van der Waals surface area (Å²) in [5.74, 6) is 1.68. The van der Waals surface area contributed by atoms with E-state index >= 15 is 0 Å². The third-order valence-electron chi connectivity index (χ3n) is 2.61. The molecule has 0 aromatic carbocycles. The minimum atomic E-state index is 0.680.